The quantitative estimate of drug-likeness (QED) is 0.810. The molecule has 1 amide bonds. The van der Waals surface area contributed by atoms with Gasteiger partial charge < -0.3 is 15.4 Å². The van der Waals surface area contributed by atoms with Gasteiger partial charge in [-0.3, -0.25) is 4.79 Å². The molecule has 1 aliphatic rings. The van der Waals surface area contributed by atoms with E-state index in [-0.39, 0.29) is 5.91 Å². The van der Waals surface area contributed by atoms with Gasteiger partial charge in [0.05, 0.1) is 12.0 Å². The molecule has 1 aliphatic carbocycles. The van der Waals surface area contributed by atoms with Crippen molar-refractivity contribution in [1.29, 1.82) is 0 Å². The fourth-order valence-electron chi connectivity index (χ4n) is 2.57. The van der Waals surface area contributed by atoms with Gasteiger partial charge in [-0.25, -0.2) is 0 Å². The molecule has 0 aliphatic heterocycles. The average Bonchev–Trinajstić information content (AvgIpc) is 2.76. The van der Waals surface area contributed by atoms with Gasteiger partial charge in [0, 0.05) is 28.7 Å². The van der Waals surface area contributed by atoms with E-state index in [0.717, 1.165) is 35.7 Å². The Hall–Kier alpha value is -1.52. The van der Waals surface area contributed by atoms with Crippen molar-refractivity contribution < 1.29 is 9.90 Å². The Balaban J connectivity index is 1.65. The number of aliphatic hydroxyl groups is 1. The topological polar surface area (TPSA) is 65.1 Å². The fraction of sp³-hybridized carbons (Fsp3) is 0.400. The van der Waals surface area contributed by atoms with Crippen LogP contribution in [0.2, 0.25) is 5.02 Å². The molecule has 0 radical (unpaired) electrons. The van der Waals surface area contributed by atoms with Gasteiger partial charge in [-0.05, 0) is 37.0 Å². The van der Waals surface area contributed by atoms with E-state index in [1.165, 1.54) is 0 Å². The van der Waals surface area contributed by atoms with Crippen LogP contribution in [-0.2, 0) is 11.2 Å². The van der Waals surface area contributed by atoms with Gasteiger partial charge in [0.1, 0.15) is 0 Å². The monoisotopic (exact) mass is 292 g/mol. The van der Waals surface area contributed by atoms with Crippen LogP contribution in [0.1, 0.15) is 24.8 Å². The molecule has 3 N–H and O–H groups in total. The zero-order valence-electron chi connectivity index (χ0n) is 11.1. The molecule has 1 aromatic carbocycles. The first-order valence-electron chi connectivity index (χ1n) is 6.80. The second kappa shape index (κ2) is 5.11. The molecule has 1 heterocycles. The number of aromatic amines is 1. The molecule has 1 fully saturated rings. The number of aromatic nitrogens is 1. The summed E-state index contributed by atoms with van der Waals surface area (Å²) in [5.74, 6) is -0.0684. The van der Waals surface area contributed by atoms with Crippen LogP contribution in [0.25, 0.3) is 10.9 Å². The number of carbonyl (C=O) groups is 1. The minimum Gasteiger partial charge on any atom is -0.388 e. The van der Waals surface area contributed by atoms with Crippen LogP contribution in [0.5, 0.6) is 0 Å². The SMILES string of the molecule is O=C(Cc1c[nH]c2cc(Cl)ccc12)NCC1(O)CCC1. The van der Waals surface area contributed by atoms with Crippen molar-refractivity contribution in [2.24, 2.45) is 0 Å². The highest BCUT2D eigenvalue weighted by atomic mass is 35.5. The number of benzene rings is 1. The molecule has 1 saturated carbocycles. The summed E-state index contributed by atoms with van der Waals surface area (Å²) in [6, 6.07) is 5.57. The number of halogens is 1. The Morgan fingerprint density at radius 3 is 2.95 bits per heavy atom. The summed E-state index contributed by atoms with van der Waals surface area (Å²) in [4.78, 5) is 15.1. The number of amides is 1. The molecule has 3 rings (SSSR count). The Morgan fingerprint density at radius 1 is 1.45 bits per heavy atom. The average molecular weight is 293 g/mol. The zero-order valence-corrected chi connectivity index (χ0v) is 11.8. The molecule has 4 nitrogen and oxygen atoms in total. The molecule has 0 atom stereocenters. The van der Waals surface area contributed by atoms with Gasteiger partial charge in [0.25, 0.3) is 0 Å². The Bertz CT molecular complexity index is 646. The van der Waals surface area contributed by atoms with E-state index in [1.54, 1.807) is 0 Å². The van der Waals surface area contributed by atoms with E-state index in [4.69, 9.17) is 11.6 Å². The standard InChI is InChI=1S/C15H17ClN2O2/c16-11-2-3-12-10(8-17-13(12)7-11)6-14(19)18-9-15(20)4-1-5-15/h2-3,7-8,17,20H,1,4-6,9H2,(H,18,19). The summed E-state index contributed by atoms with van der Waals surface area (Å²) < 4.78 is 0. The number of hydrogen-bond donors (Lipinski definition) is 3. The lowest BCUT2D eigenvalue weighted by Crippen LogP contribution is -2.48. The predicted octanol–water partition coefficient (Wildman–Crippen LogP) is 2.40. The van der Waals surface area contributed by atoms with Crippen molar-refractivity contribution in [3.63, 3.8) is 0 Å². The lowest BCUT2D eigenvalue weighted by Gasteiger charge is -2.36. The number of fused-ring (bicyclic) bond motifs is 1. The third-order valence-corrected chi connectivity index (χ3v) is 4.21. The largest absolute Gasteiger partial charge is 0.388 e. The minimum atomic E-state index is -0.677. The fourth-order valence-corrected chi connectivity index (χ4v) is 2.74. The van der Waals surface area contributed by atoms with Crippen molar-refractivity contribution in [3.8, 4) is 0 Å². The molecule has 0 unspecified atom stereocenters. The molecule has 5 heteroatoms. The van der Waals surface area contributed by atoms with E-state index in [2.05, 4.69) is 10.3 Å². The number of H-pyrrole nitrogens is 1. The molecule has 2 aromatic rings. The molecule has 20 heavy (non-hydrogen) atoms. The summed E-state index contributed by atoms with van der Waals surface area (Å²) in [6.07, 6.45) is 4.73. The highest BCUT2D eigenvalue weighted by Crippen LogP contribution is 2.30. The Labute approximate surface area is 122 Å². The lowest BCUT2D eigenvalue weighted by atomic mass is 9.80. The second-order valence-electron chi connectivity index (χ2n) is 5.54. The molecule has 0 bridgehead atoms. The van der Waals surface area contributed by atoms with Crippen molar-refractivity contribution in [2.45, 2.75) is 31.3 Å². The molecular weight excluding hydrogens is 276 g/mol. The zero-order chi connectivity index (χ0) is 14.2. The lowest BCUT2D eigenvalue weighted by molar-refractivity contribution is -0.122. The first-order valence-corrected chi connectivity index (χ1v) is 7.18. The van der Waals surface area contributed by atoms with Gasteiger partial charge in [0.15, 0.2) is 0 Å². The highest BCUT2D eigenvalue weighted by molar-refractivity contribution is 6.31. The van der Waals surface area contributed by atoms with Crippen LogP contribution < -0.4 is 5.32 Å². The van der Waals surface area contributed by atoms with E-state index < -0.39 is 5.60 Å². The molecule has 1 aromatic heterocycles. The van der Waals surface area contributed by atoms with Gasteiger partial charge >= 0.3 is 0 Å². The van der Waals surface area contributed by atoms with Crippen LogP contribution in [0, 0.1) is 0 Å². The van der Waals surface area contributed by atoms with Crippen molar-refractivity contribution >= 4 is 28.4 Å². The van der Waals surface area contributed by atoms with Crippen molar-refractivity contribution in [2.75, 3.05) is 6.54 Å². The molecule has 0 spiro atoms. The maximum atomic E-state index is 11.9. The highest BCUT2D eigenvalue weighted by Gasteiger charge is 2.34. The summed E-state index contributed by atoms with van der Waals surface area (Å²) >= 11 is 5.93. The number of carbonyl (C=O) groups excluding carboxylic acids is 1. The summed E-state index contributed by atoms with van der Waals surface area (Å²) in [7, 11) is 0. The van der Waals surface area contributed by atoms with Crippen molar-refractivity contribution in [1.82, 2.24) is 10.3 Å². The van der Waals surface area contributed by atoms with E-state index in [9.17, 15) is 9.90 Å². The first kappa shape index (κ1) is 13.5. The number of nitrogens with one attached hydrogen (secondary N) is 2. The maximum Gasteiger partial charge on any atom is 0.224 e. The predicted molar refractivity (Wildman–Crippen MR) is 78.8 cm³/mol. The third-order valence-electron chi connectivity index (χ3n) is 3.98. The van der Waals surface area contributed by atoms with E-state index >= 15 is 0 Å². The smallest absolute Gasteiger partial charge is 0.224 e. The van der Waals surface area contributed by atoms with E-state index in [0.29, 0.717) is 18.0 Å². The van der Waals surface area contributed by atoms with Crippen molar-refractivity contribution in [3.05, 3.63) is 35.0 Å². The molecule has 0 saturated heterocycles. The van der Waals surface area contributed by atoms with Gasteiger partial charge in [-0.1, -0.05) is 17.7 Å². The van der Waals surface area contributed by atoms with E-state index in [1.807, 2.05) is 24.4 Å². The Morgan fingerprint density at radius 2 is 2.25 bits per heavy atom. The van der Waals surface area contributed by atoms with Gasteiger partial charge in [-0.2, -0.15) is 0 Å². The maximum absolute atomic E-state index is 11.9. The Kier molecular flexibility index (Phi) is 3.44. The summed E-state index contributed by atoms with van der Waals surface area (Å²) in [5, 5.41) is 14.4. The summed E-state index contributed by atoms with van der Waals surface area (Å²) in [6.45, 7) is 0.347. The van der Waals surface area contributed by atoms with Gasteiger partial charge in [0.2, 0.25) is 5.91 Å². The van der Waals surface area contributed by atoms with Gasteiger partial charge in [-0.15, -0.1) is 0 Å². The van der Waals surface area contributed by atoms with Crippen LogP contribution in [-0.4, -0.2) is 28.1 Å². The molecule has 106 valence electrons. The summed E-state index contributed by atoms with van der Waals surface area (Å²) in [5.41, 5.74) is 1.19. The second-order valence-corrected chi connectivity index (χ2v) is 5.97. The molecular formula is C15H17ClN2O2. The van der Waals surface area contributed by atoms with Crippen LogP contribution in [0.3, 0.4) is 0 Å². The third kappa shape index (κ3) is 2.67. The number of hydrogen-bond acceptors (Lipinski definition) is 2. The number of rotatable bonds is 4. The first-order chi connectivity index (χ1) is 9.56. The van der Waals surface area contributed by atoms with Crippen LogP contribution in [0.4, 0.5) is 0 Å². The minimum absolute atomic E-state index is 0.0684. The van der Waals surface area contributed by atoms with Crippen LogP contribution >= 0.6 is 11.6 Å². The normalized spacial score (nSPS) is 16.9. The van der Waals surface area contributed by atoms with Crippen LogP contribution in [0.15, 0.2) is 24.4 Å².